The Morgan fingerprint density at radius 3 is 2.72 bits per heavy atom. The number of nitrogens with one attached hydrogen (secondary N) is 1. The van der Waals surface area contributed by atoms with Gasteiger partial charge >= 0.3 is 0 Å². The van der Waals surface area contributed by atoms with Crippen molar-refractivity contribution in [1.29, 1.82) is 0 Å². The maximum absolute atomic E-state index is 12.2. The van der Waals surface area contributed by atoms with Crippen LogP contribution < -0.4 is 4.72 Å². The van der Waals surface area contributed by atoms with E-state index in [1.807, 2.05) is 6.92 Å². The molecular formula is C12H19NO3S2. The third-order valence-electron chi connectivity index (χ3n) is 3.42. The summed E-state index contributed by atoms with van der Waals surface area (Å²) in [7, 11) is -3.42. The van der Waals surface area contributed by atoms with Crippen molar-refractivity contribution in [3.05, 3.63) is 16.5 Å². The molecule has 0 aromatic carbocycles. The summed E-state index contributed by atoms with van der Waals surface area (Å²) in [6, 6.07) is 1.70. The van der Waals surface area contributed by atoms with Gasteiger partial charge < -0.3 is 5.11 Å². The van der Waals surface area contributed by atoms with Crippen molar-refractivity contribution in [2.24, 2.45) is 5.92 Å². The van der Waals surface area contributed by atoms with Crippen LogP contribution in [0, 0.1) is 12.8 Å². The first-order chi connectivity index (χ1) is 8.42. The molecule has 18 heavy (non-hydrogen) atoms. The smallest absolute Gasteiger partial charge is 0.250 e. The van der Waals surface area contributed by atoms with Crippen LogP contribution >= 0.6 is 11.3 Å². The maximum atomic E-state index is 12.2. The van der Waals surface area contributed by atoms with Crippen LogP contribution in [0.15, 0.2) is 10.3 Å². The Kier molecular flexibility index (Phi) is 4.11. The fourth-order valence-electron chi connectivity index (χ4n) is 2.37. The summed E-state index contributed by atoms with van der Waals surface area (Å²) in [5.41, 5.74) is 0.836. The van der Waals surface area contributed by atoms with Gasteiger partial charge in [0.1, 0.15) is 4.21 Å². The predicted octanol–water partition coefficient (Wildman–Crippen LogP) is 2.02. The highest BCUT2D eigenvalue weighted by molar-refractivity contribution is 7.91. The van der Waals surface area contributed by atoms with Gasteiger partial charge in [-0.1, -0.05) is 6.92 Å². The average molecular weight is 289 g/mol. The molecule has 0 saturated heterocycles. The average Bonchev–Trinajstić information content (AvgIpc) is 2.84. The molecule has 2 N–H and O–H groups in total. The van der Waals surface area contributed by atoms with Crippen molar-refractivity contribution in [2.45, 2.75) is 50.0 Å². The van der Waals surface area contributed by atoms with Crippen LogP contribution in [-0.4, -0.2) is 19.6 Å². The highest BCUT2D eigenvalue weighted by Gasteiger charge is 2.27. The summed E-state index contributed by atoms with van der Waals surface area (Å²) in [6.45, 7) is 3.86. The SMILES string of the molecule is Cc1cc(S(=O)(=O)NC2CCC(C)C2)sc1CO. The zero-order valence-electron chi connectivity index (χ0n) is 10.6. The molecule has 4 nitrogen and oxygen atoms in total. The Hall–Kier alpha value is -0.430. The van der Waals surface area contributed by atoms with E-state index in [9.17, 15) is 8.42 Å². The number of aliphatic hydroxyl groups excluding tert-OH is 1. The number of aryl methyl sites for hydroxylation is 1. The minimum atomic E-state index is -3.42. The van der Waals surface area contributed by atoms with Gasteiger partial charge in [-0.05, 0) is 43.7 Å². The van der Waals surface area contributed by atoms with Crippen molar-refractivity contribution in [1.82, 2.24) is 4.72 Å². The molecule has 0 radical (unpaired) electrons. The summed E-state index contributed by atoms with van der Waals surface area (Å²) in [6.07, 6.45) is 2.91. The molecule has 1 heterocycles. The van der Waals surface area contributed by atoms with Crippen LogP contribution in [-0.2, 0) is 16.6 Å². The topological polar surface area (TPSA) is 66.4 Å². The standard InChI is InChI=1S/C12H19NO3S2/c1-8-3-4-10(5-8)13-18(15,16)12-6-9(2)11(7-14)17-12/h6,8,10,13-14H,3-5,7H2,1-2H3. The first kappa shape index (κ1) is 14.0. The summed E-state index contributed by atoms with van der Waals surface area (Å²) >= 11 is 1.15. The van der Waals surface area contributed by atoms with Gasteiger partial charge in [0.2, 0.25) is 10.0 Å². The van der Waals surface area contributed by atoms with Gasteiger partial charge in [-0.2, -0.15) is 0 Å². The third kappa shape index (κ3) is 2.93. The highest BCUT2D eigenvalue weighted by Crippen LogP contribution is 2.29. The third-order valence-corrected chi connectivity index (χ3v) is 6.64. The minimum absolute atomic E-state index is 0.0602. The molecular weight excluding hydrogens is 270 g/mol. The second kappa shape index (κ2) is 5.28. The van der Waals surface area contributed by atoms with E-state index < -0.39 is 10.0 Å². The van der Waals surface area contributed by atoms with E-state index in [1.54, 1.807) is 6.07 Å². The molecule has 0 aliphatic heterocycles. The van der Waals surface area contributed by atoms with Crippen LogP contribution in [0.3, 0.4) is 0 Å². The number of sulfonamides is 1. The number of thiophene rings is 1. The minimum Gasteiger partial charge on any atom is -0.391 e. The second-order valence-electron chi connectivity index (χ2n) is 5.07. The number of hydrogen-bond donors (Lipinski definition) is 2. The normalized spacial score (nSPS) is 24.6. The first-order valence-electron chi connectivity index (χ1n) is 6.15. The van der Waals surface area contributed by atoms with E-state index in [0.717, 1.165) is 41.0 Å². The summed E-state index contributed by atoms with van der Waals surface area (Å²) < 4.78 is 27.5. The van der Waals surface area contributed by atoms with Crippen molar-refractivity contribution in [3.63, 3.8) is 0 Å². The van der Waals surface area contributed by atoms with E-state index >= 15 is 0 Å². The van der Waals surface area contributed by atoms with Gasteiger partial charge in [-0.25, -0.2) is 13.1 Å². The maximum Gasteiger partial charge on any atom is 0.250 e. The fraction of sp³-hybridized carbons (Fsp3) is 0.667. The lowest BCUT2D eigenvalue weighted by Gasteiger charge is -2.11. The number of rotatable bonds is 4. The lowest BCUT2D eigenvalue weighted by Crippen LogP contribution is -2.32. The second-order valence-corrected chi connectivity index (χ2v) is 8.14. The summed E-state index contributed by atoms with van der Waals surface area (Å²) in [5.74, 6) is 0.593. The fourth-order valence-corrected chi connectivity index (χ4v) is 5.12. The van der Waals surface area contributed by atoms with E-state index in [2.05, 4.69) is 11.6 Å². The zero-order valence-corrected chi connectivity index (χ0v) is 12.3. The quantitative estimate of drug-likeness (QED) is 0.891. The van der Waals surface area contributed by atoms with Gasteiger partial charge in [0, 0.05) is 10.9 Å². The molecule has 2 unspecified atom stereocenters. The molecule has 1 aliphatic carbocycles. The Morgan fingerprint density at radius 2 is 2.22 bits per heavy atom. The van der Waals surface area contributed by atoms with E-state index in [0.29, 0.717) is 10.1 Å². The van der Waals surface area contributed by atoms with Crippen molar-refractivity contribution in [3.8, 4) is 0 Å². The zero-order chi connectivity index (χ0) is 13.3. The van der Waals surface area contributed by atoms with Crippen LogP contribution in [0.25, 0.3) is 0 Å². The Labute approximate surface area is 112 Å². The van der Waals surface area contributed by atoms with Gasteiger partial charge in [0.05, 0.1) is 6.61 Å². The van der Waals surface area contributed by atoms with E-state index in [-0.39, 0.29) is 12.6 Å². The number of hydrogen-bond acceptors (Lipinski definition) is 4. The van der Waals surface area contributed by atoms with Gasteiger partial charge in [-0.3, -0.25) is 0 Å². The van der Waals surface area contributed by atoms with Crippen molar-refractivity contribution >= 4 is 21.4 Å². The molecule has 2 rings (SSSR count). The monoisotopic (exact) mass is 289 g/mol. The lowest BCUT2D eigenvalue weighted by molar-refractivity contribution is 0.285. The largest absolute Gasteiger partial charge is 0.391 e. The predicted molar refractivity (Wildman–Crippen MR) is 72.1 cm³/mol. The number of aliphatic hydroxyl groups is 1. The Morgan fingerprint density at radius 1 is 1.50 bits per heavy atom. The van der Waals surface area contributed by atoms with Crippen LogP contribution in [0.5, 0.6) is 0 Å². The molecule has 0 amide bonds. The van der Waals surface area contributed by atoms with Crippen LogP contribution in [0.1, 0.15) is 36.6 Å². The van der Waals surface area contributed by atoms with Crippen LogP contribution in [0.4, 0.5) is 0 Å². The molecule has 1 aromatic heterocycles. The van der Waals surface area contributed by atoms with Crippen LogP contribution in [0.2, 0.25) is 0 Å². The highest BCUT2D eigenvalue weighted by atomic mass is 32.2. The molecule has 1 fully saturated rings. The lowest BCUT2D eigenvalue weighted by atomic mass is 10.1. The van der Waals surface area contributed by atoms with Gasteiger partial charge in [0.25, 0.3) is 0 Å². The van der Waals surface area contributed by atoms with Crippen molar-refractivity contribution in [2.75, 3.05) is 0 Å². The van der Waals surface area contributed by atoms with Crippen molar-refractivity contribution < 1.29 is 13.5 Å². The summed E-state index contributed by atoms with van der Waals surface area (Å²) in [5, 5.41) is 9.11. The van der Waals surface area contributed by atoms with Gasteiger partial charge in [-0.15, -0.1) is 11.3 Å². The molecule has 1 saturated carbocycles. The first-order valence-corrected chi connectivity index (χ1v) is 8.45. The van der Waals surface area contributed by atoms with E-state index in [1.165, 1.54) is 0 Å². The molecule has 6 heteroatoms. The molecule has 0 bridgehead atoms. The molecule has 2 atom stereocenters. The molecule has 1 aliphatic rings. The van der Waals surface area contributed by atoms with Gasteiger partial charge in [0.15, 0.2) is 0 Å². The Bertz CT molecular complexity index is 521. The summed E-state index contributed by atoms with van der Waals surface area (Å²) in [4.78, 5) is 0.718. The molecule has 0 spiro atoms. The molecule has 1 aromatic rings. The van der Waals surface area contributed by atoms with E-state index in [4.69, 9.17) is 5.11 Å². The Balaban J connectivity index is 2.15. The molecule has 102 valence electrons.